The van der Waals surface area contributed by atoms with Crippen LogP contribution in [0.1, 0.15) is 26.3 Å². The number of aromatic hydroxyl groups is 1. The van der Waals surface area contributed by atoms with E-state index in [1.54, 1.807) is 0 Å². The first-order valence-electron chi connectivity index (χ1n) is 6.08. The SMILES string of the molecule is O=Cc1ccc(O)c(C(=O)Nc2ccc(C(F)(F)F)cc2)c1. The molecule has 0 spiro atoms. The molecule has 0 aliphatic rings. The second-order valence-electron chi connectivity index (χ2n) is 4.42. The van der Waals surface area contributed by atoms with Crippen LogP contribution < -0.4 is 5.32 Å². The first-order valence-corrected chi connectivity index (χ1v) is 6.08. The van der Waals surface area contributed by atoms with Crippen molar-refractivity contribution in [2.75, 3.05) is 5.32 Å². The van der Waals surface area contributed by atoms with Crippen LogP contribution in [0, 0.1) is 0 Å². The molecule has 0 aliphatic carbocycles. The molecule has 2 N–H and O–H groups in total. The van der Waals surface area contributed by atoms with Gasteiger partial charge in [-0.1, -0.05) is 0 Å². The van der Waals surface area contributed by atoms with E-state index in [0.717, 1.165) is 24.3 Å². The summed E-state index contributed by atoms with van der Waals surface area (Å²) < 4.78 is 37.3. The topological polar surface area (TPSA) is 66.4 Å². The molecule has 0 saturated carbocycles. The van der Waals surface area contributed by atoms with Gasteiger partial charge in [0, 0.05) is 11.3 Å². The number of hydrogen-bond acceptors (Lipinski definition) is 3. The number of carbonyl (C=O) groups is 2. The Morgan fingerprint density at radius 3 is 2.27 bits per heavy atom. The fourth-order valence-corrected chi connectivity index (χ4v) is 1.75. The van der Waals surface area contributed by atoms with Gasteiger partial charge in [0.25, 0.3) is 5.91 Å². The number of alkyl halides is 3. The predicted molar refractivity (Wildman–Crippen MR) is 72.9 cm³/mol. The van der Waals surface area contributed by atoms with Crippen LogP contribution in [0.4, 0.5) is 18.9 Å². The molecule has 22 heavy (non-hydrogen) atoms. The van der Waals surface area contributed by atoms with Crippen molar-refractivity contribution in [3.05, 3.63) is 59.2 Å². The summed E-state index contributed by atoms with van der Waals surface area (Å²) in [5, 5.41) is 12.0. The number of hydrogen-bond donors (Lipinski definition) is 2. The van der Waals surface area contributed by atoms with E-state index in [0.29, 0.717) is 6.29 Å². The Hall–Kier alpha value is -2.83. The van der Waals surface area contributed by atoms with E-state index in [2.05, 4.69) is 5.32 Å². The summed E-state index contributed by atoms with van der Waals surface area (Å²) in [6, 6.07) is 7.56. The molecule has 0 aliphatic heterocycles. The van der Waals surface area contributed by atoms with Crippen LogP contribution in [0.15, 0.2) is 42.5 Å². The van der Waals surface area contributed by atoms with Crippen LogP contribution in [-0.2, 0) is 6.18 Å². The molecule has 2 rings (SSSR count). The Morgan fingerprint density at radius 2 is 1.73 bits per heavy atom. The summed E-state index contributed by atoms with van der Waals surface area (Å²) in [6.07, 6.45) is -3.95. The number of phenols is 1. The van der Waals surface area contributed by atoms with E-state index in [4.69, 9.17) is 0 Å². The van der Waals surface area contributed by atoms with Crippen molar-refractivity contribution in [2.45, 2.75) is 6.18 Å². The Kier molecular flexibility index (Phi) is 4.16. The minimum atomic E-state index is -4.46. The van der Waals surface area contributed by atoms with E-state index < -0.39 is 17.6 Å². The molecule has 0 atom stereocenters. The summed E-state index contributed by atoms with van der Waals surface area (Å²) >= 11 is 0. The highest BCUT2D eigenvalue weighted by molar-refractivity contribution is 6.06. The number of halogens is 3. The zero-order valence-corrected chi connectivity index (χ0v) is 11.0. The molecular formula is C15H10F3NO3. The van der Waals surface area contributed by atoms with Crippen LogP contribution in [-0.4, -0.2) is 17.3 Å². The Labute approximate surface area is 123 Å². The molecule has 0 unspecified atom stereocenters. The number of rotatable bonds is 3. The summed E-state index contributed by atoms with van der Waals surface area (Å²) in [5.74, 6) is -1.07. The number of carbonyl (C=O) groups excluding carboxylic acids is 2. The van der Waals surface area contributed by atoms with Crippen molar-refractivity contribution in [3.8, 4) is 5.75 Å². The highest BCUT2D eigenvalue weighted by Gasteiger charge is 2.30. The normalized spacial score (nSPS) is 11.0. The second-order valence-corrected chi connectivity index (χ2v) is 4.42. The second kappa shape index (κ2) is 5.88. The first kappa shape index (κ1) is 15.6. The average Bonchev–Trinajstić information content (AvgIpc) is 2.47. The van der Waals surface area contributed by atoms with Gasteiger partial charge in [0.2, 0.25) is 0 Å². The molecule has 1 amide bonds. The van der Waals surface area contributed by atoms with Crippen molar-refractivity contribution in [1.29, 1.82) is 0 Å². The first-order chi connectivity index (χ1) is 10.3. The van der Waals surface area contributed by atoms with Gasteiger partial charge in [-0.15, -0.1) is 0 Å². The molecule has 0 bridgehead atoms. The quantitative estimate of drug-likeness (QED) is 0.853. The molecule has 2 aromatic rings. The lowest BCUT2D eigenvalue weighted by molar-refractivity contribution is -0.137. The maximum Gasteiger partial charge on any atom is 0.416 e. The fraction of sp³-hybridized carbons (Fsp3) is 0.0667. The maximum absolute atomic E-state index is 12.4. The molecule has 4 nitrogen and oxygen atoms in total. The van der Waals surface area contributed by atoms with Crippen LogP contribution in [0.2, 0.25) is 0 Å². The lowest BCUT2D eigenvalue weighted by Gasteiger charge is -2.09. The van der Waals surface area contributed by atoms with Crippen LogP contribution >= 0.6 is 0 Å². The lowest BCUT2D eigenvalue weighted by atomic mass is 10.1. The lowest BCUT2D eigenvalue weighted by Crippen LogP contribution is -2.13. The molecule has 0 saturated heterocycles. The molecule has 0 fully saturated rings. The molecular weight excluding hydrogens is 299 g/mol. The van der Waals surface area contributed by atoms with E-state index in [9.17, 15) is 27.9 Å². The van der Waals surface area contributed by atoms with Gasteiger partial charge in [0.15, 0.2) is 0 Å². The largest absolute Gasteiger partial charge is 0.507 e. The molecule has 0 radical (unpaired) electrons. The van der Waals surface area contributed by atoms with Crippen molar-refractivity contribution in [2.24, 2.45) is 0 Å². The minimum Gasteiger partial charge on any atom is -0.507 e. The standard InChI is InChI=1S/C15H10F3NO3/c16-15(17,18)10-2-4-11(5-3-10)19-14(22)12-7-9(8-20)1-6-13(12)21/h1-8,21H,(H,19,22). The molecule has 7 heteroatoms. The highest BCUT2D eigenvalue weighted by atomic mass is 19.4. The smallest absolute Gasteiger partial charge is 0.416 e. The summed E-state index contributed by atoms with van der Waals surface area (Å²) in [7, 11) is 0. The van der Waals surface area contributed by atoms with Gasteiger partial charge in [-0.3, -0.25) is 9.59 Å². The monoisotopic (exact) mass is 309 g/mol. The molecule has 114 valence electrons. The van der Waals surface area contributed by atoms with Crippen LogP contribution in [0.3, 0.4) is 0 Å². The van der Waals surface area contributed by atoms with Gasteiger partial charge in [0.05, 0.1) is 11.1 Å². The third-order valence-electron chi connectivity index (χ3n) is 2.87. The van der Waals surface area contributed by atoms with E-state index in [-0.39, 0.29) is 22.6 Å². The third-order valence-corrected chi connectivity index (χ3v) is 2.87. The van der Waals surface area contributed by atoms with Crippen molar-refractivity contribution in [1.82, 2.24) is 0 Å². The summed E-state index contributed by atoms with van der Waals surface area (Å²) in [5.41, 5.74) is -0.662. The van der Waals surface area contributed by atoms with Crippen molar-refractivity contribution in [3.63, 3.8) is 0 Å². The Balaban J connectivity index is 2.20. The van der Waals surface area contributed by atoms with Gasteiger partial charge in [0.1, 0.15) is 12.0 Å². The minimum absolute atomic E-state index is 0.133. The van der Waals surface area contributed by atoms with Crippen molar-refractivity contribution < 1.29 is 27.9 Å². The number of anilines is 1. The fourth-order valence-electron chi connectivity index (χ4n) is 1.75. The zero-order valence-electron chi connectivity index (χ0n) is 11.0. The van der Waals surface area contributed by atoms with Crippen LogP contribution in [0.5, 0.6) is 5.75 Å². The zero-order chi connectivity index (χ0) is 16.3. The van der Waals surface area contributed by atoms with Gasteiger partial charge < -0.3 is 10.4 Å². The van der Waals surface area contributed by atoms with Crippen molar-refractivity contribution >= 4 is 17.9 Å². The Bertz CT molecular complexity index is 709. The molecule has 2 aromatic carbocycles. The van der Waals surface area contributed by atoms with E-state index in [1.807, 2.05) is 0 Å². The van der Waals surface area contributed by atoms with Gasteiger partial charge in [-0.25, -0.2) is 0 Å². The summed E-state index contributed by atoms with van der Waals surface area (Å²) in [4.78, 5) is 22.6. The number of aldehydes is 1. The maximum atomic E-state index is 12.4. The number of amides is 1. The molecule has 0 heterocycles. The highest BCUT2D eigenvalue weighted by Crippen LogP contribution is 2.30. The van der Waals surface area contributed by atoms with E-state index in [1.165, 1.54) is 18.2 Å². The van der Waals surface area contributed by atoms with Gasteiger partial charge in [-0.2, -0.15) is 13.2 Å². The third kappa shape index (κ3) is 3.43. The van der Waals surface area contributed by atoms with Gasteiger partial charge in [-0.05, 0) is 42.5 Å². The predicted octanol–water partition coefficient (Wildman–Crippen LogP) is 3.48. The van der Waals surface area contributed by atoms with Gasteiger partial charge >= 0.3 is 6.18 Å². The number of nitrogens with one attached hydrogen (secondary N) is 1. The van der Waals surface area contributed by atoms with Crippen LogP contribution in [0.25, 0.3) is 0 Å². The number of benzene rings is 2. The van der Waals surface area contributed by atoms with E-state index >= 15 is 0 Å². The Morgan fingerprint density at radius 1 is 1.09 bits per heavy atom. The average molecular weight is 309 g/mol. The summed E-state index contributed by atoms with van der Waals surface area (Å²) in [6.45, 7) is 0. The number of phenolic OH excluding ortho intramolecular Hbond substituents is 1. The molecule has 0 aromatic heterocycles.